The van der Waals surface area contributed by atoms with E-state index in [1.165, 1.54) is 16.7 Å². The van der Waals surface area contributed by atoms with Gasteiger partial charge >= 0.3 is 5.97 Å². The summed E-state index contributed by atoms with van der Waals surface area (Å²) >= 11 is 1.29. The Morgan fingerprint density at radius 3 is 2.41 bits per heavy atom. The number of hydrogen-bond acceptors (Lipinski definition) is 7. The van der Waals surface area contributed by atoms with Crippen LogP contribution in [0.1, 0.15) is 36.7 Å². The summed E-state index contributed by atoms with van der Waals surface area (Å²) in [5.41, 5.74) is 1.89. The number of esters is 1. The second-order valence-corrected chi connectivity index (χ2v) is 7.71. The predicted molar refractivity (Wildman–Crippen MR) is 127 cm³/mol. The highest BCUT2D eigenvalue weighted by Crippen LogP contribution is 2.35. The summed E-state index contributed by atoms with van der Waals surface area (Å²) < 4.78 is 16.3. The van der Waals surface area contributed by atoms with E-state index in [-0.39, 0.29) is 11.9 Å². The van der Waals surface area contributed by atoms with E-state index in [2.05, 4.69) is 4.99 Å². The van der Waals surface area contributed by atoms with Gasteiger partial charge in [-0.3, -0.25) is 9.69 Å². The summed E-state index contributed by atoms with van der Waals surface area (Å²) in [4.78, 5) is 31.2. The molecule has 8 heteroatoms. The fourth-order valence-corrected chi connectivity index (χ4v) is 3.94. The van der Waals surface area contributed by atoms with E-state index < -0.39 is 0 Å². The van der Waals surface area contributed by atoms with E-state index in [0.29, 0.717) is 52.6 Å². The third kappa shape index (κ3) is 5.50. The number of carbonyl (C=O) groups excluding carboxylic acids is 2. The molecule has 2 aromatic rings. The standard InChI is InChI=1S/C24H26N2O5S/c1-5-29-19-13-10-17(20(15-19)30-6-2)14-21-22(27)26(4)24(32-21)25-18-11-8-16(9-12-18)23(28)31-7-3/h8-15H,5-7H2,1-4H3/b21-14-,25-24?. The van der Waals surface area contributed by atoms with Gasteiger partial charge in [0.05, 0.1) is 36.0 Å². The summed E-state index contributed by atoms with van der Waals surface area (Å²) in [7, 11) is 1.68. The Balaban J connectivity index is 1.84. The molecular weight excluding hydrogens is 428 g/mol. The van der Waals surface area contributed by atoms with Gasteiger partial charge in [-0.05, 0) is 75.0 Å². The van der Waals surface area contributed by atoms with Crippen molar-refractivity contribution in [2.24, 2.45) is 4.99 Å². The maximum Gasteiger partial charge on any atom is 0.338 e. The van der Waals surface area contributed by atoms with Crippen LogP contribution in [0.3, 0.4) is 0 Å². The number of carbonyl (C=O) groups is 2. The molecule has 32 heavy (non-hydrogen) atoms. The molecule has 168 valence electrons. The quantitative estimate of drug-likeness (QED) is 0.417. The van der Waals surface area contributed by atoms with Crippen LogP contribution >= 0.6 is 11.8 Å². The molecule has 0 bridgehead atoms. The number of ether oxygens (including phenoxy) is 3. The predicted octanol–water partition coefficient (Wildman–Crippen LogP) is 4.89. The molecule has 1 fully saturated rings. The Labute approximate surface area is 192 Å². The van der Waals surface area contributed by atoms with Gasteiger partial charge in [-0.1, -0.05) is 0 Å². The van der Waals surface area contributed by atoms with E-state index in [0.717, 1.165) is 5.56 Å². The first-order valence-corrected chi connectivity index (χ1v) is 11.2. The number of amides is 1. The smallest absolute Gasteiger partial charge is 0.338 e. The molecule has 1 aliphatic heterocycles. The largest absolute Gasteiger partial charge is 0.494 e. The number of thioether (sulfide) groups is 1. The normalized spacial score (nSPS) is 16.0. The molecule has 0 aromatic heterocycles. The number of likely N-dealkylation sites (N-methyl/N-ethyl adjacent to an activating group) is 1. The van der Waals surface area contributed by atoms with Crippen molar-refractivity contribution in [1.82, 2.24) is 4.90 Å². The molecule has 0 atom stereocenters. The van der Waals surface area contributed by atoms with Crippen molar-refractivity contribution >= 4 is 40.6 Å². The minimum Gasteiger partial charge on any atom is -0.494 e. The van der Waals surface area contributed by atoms with Crippen LogP contribution in [0.2, 0.25) is 0 Å². The molecular formula is C24H26N2O5S. The van der Waals surface area contributed by atoms with E-state index in [4.69, 9.17) is 14.2 Å². The minimum absolute atomic E-state index is 0.145. The number of rotatable bonds is 8. The van der Waals surface area contributed by atoms with Crippen LogP contribution in [0.25, 0.3) is 6.08 Å². The molecule has 0 unspecified atom stereocenters. The maximum absolute atomic E-state index is 12.8. The van der Waals surface area contributed by atoms with Crippen molar-refractivity contribution in [3.63, 3.8) is 0 Å². The van der Waals surface area contributed by atoms with E-state index in [1.54, 1.807) is 44.3 Å². The molecule has 7 nitrogen and oxygen atoms in total. The van der Waals surface area contributed by atoms with Crippen molar-refractivity contribution in [3.05, 3.63) is 58.5 Å². The summed E-state index contributed by atoms with van der Waals surface area (Å²) in [6.07, 6.45) is 1.80. The molecule has 3 rings (SSSR count). The van der Waals surface area contributed by atoms with Gasteiger partial charge in [0.25, 0.3) is 5.91 Å². The van der Waals surface area contributed by atoms with Gasteiger partial charge in [-0.15, -0.1) is 0 Å². The van der Waals surface area contributed by atoms with Crippen LogP contribution in [-0.4, -0.2) is 48.8 Å². The molecule has 0 spiro atoms. The third-order valence-corrected chi connectivity index (χ3v) is 5.55. The zero-order chi connectivity index (χ0) is 23.1. The van der Waals surface area contributed by atoms with Gasteiger partial charge in [-0.2, -0.15) is 0 Å². The van der Waals surface area contributed by atoms with Gasteiger partial charge < -0.3 is 14.2 Å². The average molecular weight is 455 g/mol. The molecule has 0 N–H and O–H groups in total. The molecule has 2 aromatic carbocycles. The maximum atomic E-state index is 12.8. The van der Waals surface area contributed by atoms with Crippen molar-refractivity contribution in [2.75, 3.05) is 26.9 Å². The Hall–Kier alpha value is -3.26. The number of aliphatic imine (C=N–C) groups is 1. The zero-order valence-corrected chi connectivity index (χ0v) is 19.4. The number of benzene rings is 2. The Bertz CT molecular complexity index is 1050. The van der Waals surface area contributed by atoms with Crippen LogP contribution < -0.4 is 9.47 Å². The Morgan fingerprint density at radius 1 is 1.03 bits per heavy atom. The topological polar surface area (TPSA) is 77.4 Å². The van der Waals surface area contributed by atoms with Crippen LogP contribution in [0.4, 0.5) is 5.69 Å². The fraction of sp³-hybridized carbons (Fsp3) is 0.292. The van der Waals surface area contributed by atoms with Crippen LogP contribution in [0, 0.1) is 0 Å². The second kappa shape index (κ2) is 10.9. The highest BCUT2D eigenvalue weighted by Gasteiger charge is 2.30. The third-order valence-electron chi connectivity index (χ3n) is 4.49. The second-order valence-electron chi connectivity index (χ2n) is 6.70. The molecule has 0 saturated carbocycles. The number of hydrogen-bond donors (Lipinski definition) is 0. The van der Waals surface area contributed by atoms with Gasteiger partial charge in [0.1, 0.15) is 11.5 Å². The Kier molecular flexibility index (Phi) is 7.94. The first-order chi connectivity index (χ1) is 15.5. The molecule has 1 amide bonds. The first-order valence-electron chi connectivity index (χ1n) is 10.4. The van der Waals surface area contributed by atoms with Crippen LogP contribution in [0.5, 0.6) is 11.5 Å². The fourth-order valence-electron chi connectivity index (χ4n) is 2.96. The summed E-state index contributed by atoms with van der Waals surface area (Å²) in [6.45, 7) is 6.97. The first kappa shape index (κ1) is 23.4. The van der Waals surface area contributed by atoms with Gasteiger partial charge in [0, 0.05) is 18.7 Å². The molecule has 1 heterocycles. The monoisotopic (exact) mass is 454 g/mol. The molecule has 0 aliphatic carbocycles. The molecule has 1 saturated heterocycles. The van der Waals surface area contributed by atoms with Crippen molar-refractivity contribution in [2.45, 2.75) is 20.8 Å². The lowest BCUT2D eigenvalue weighted by Gasteiger charge is -2.10. The molecule has 0 radical (unpaired) electrons. The lowest BCUT2D eigenvalue weighted by Crippen LogP contribution is -2.23. The average Bonchev–Trinajstić information content (AvgIpc) is 3.04. The van der Waals surface area contributed by atoms with Crippen molar-refractivity contribution in [3.8, 4) is 11.5 Å². The number of amidine groups is 1. The molecule has 1 aliphatic rings. The summed E-state index contributed by atoms with van der Waals surface area (Å²) in [5.74, 6) is 0.851. The zero-order valence-electron chi connectivity index (χ0n) is 18.6. The summed E-state index contributed by atoms with van der Waals surface area (Å²) in [6, 6.07) is 12.3. The summed E-state index contributed by atoms with van der Waals surface area (Å²) in [5, 5.41) is 0.550. The SMILES string of the molecule is CCOC(=O)c1ccc(N=C2S/C(=C\c3ccc(OCC)cc3OCC)C(=O)N2C)cc1. The minimum atomic E-state index is -0.375. The van der Waals surface area contributed by atoms with Crippen LogP contribution in [-0.2, 0) is 9.53 Å². The lowest BCUT2D eigenvalue weighted by molar-refractivity contribution is -0.121. The van der Waals surface area contributed by atoms with Crippen molar-refractivity contribution in [1.29, 1.82) is 0 Å². The highest BCUT2D eigenvalue weighted by molar-refractivity contribution is 8.18. The lowest BCUT2D eigenvalue weighted by atomic mass is 10.1. The van der Waals surface area contributed by atoms with E-state index >= 15 is 0 Å². The van der Waals surface area contributed by atoms with E-state index in [1.807, 2.05) is 32.0 Å². The van der Waals surface area contributed by atoms with Gasteiger partial charge in [0.15, 0.2) is 5.17 Å². The van der Waals surface area contributed by atoms with Gasteiger partial charge in [-0.25, -0.2) is 9.79 Å². The highest BCUT2D eigenvalue weighted by atomic mass is 32.2. The van der Waals surface area contributed by atoms with Crippen molar-refractivity contribution < 1.29 is 23.8 Å². The van der Waals surface area contributed by atoms with E-state index in [9.17, 15) is 9.59 Å². The van der Waals surface area contributed by atoms with Gasteiger partial charge in [0.2, 0.25) is 0 Å². The number of nitrogens with zero attached hydrogens (tertiary/aromatic N) is 2. The Morgan fingerprint density at radius 2 is 1.75 bits per heavy atom. The van der Waals surface area contributed by atoms with Crippen LogP contribution in [0.15, 0.2) is 52.4 Å².